The molecule has 0 radical (unpaired) electrons. The Bertz CT molecular complexity index is 738. The molecule has 1 heterocycles. The zero-order chi connectivity index (χ0) is 14.7. The average Bonchev–Trinajstić information content (AvgIpc) is 3.03. The molecule has 0 unspecified atom stereocenters. The zero-order valence-electron chi connectivity index (χ0n) is 11.6. The van der Waals surface area contributed by atoms with E-state index >= 15 is 0 Å². The van der Waals surface area contributed by atoms with Crippen molar-refractivity contribution in [2.24, 2.45) is 0 Å². The molecule has 0 atom stereocenters. The number of benzene rings is 2. The van der Waals surface area contributed by atoms with Crippen LogP contribution in [-0.2, 0) is 6.54 Å². The third-order valence-electron chi connectivity index (χ3n) is 3.29. The summed E-state index contributed by atoms with van der Waals surface area (Å²) in [5, 5.41) is 8.38. The maximum atomic E-state index is 6.16. The van der Waals surface area contributed by atoms with Gasteiger partial charge in [0.15, 0.2) is 0 Å². The number of halogens is 1. The van der Waals surface area contributed by atoms with Crippen molar-refractivity contribution in [2.45, 2.75) is 13.5 Å². The first-order valence-corrected chi connectivity index (χ1v) is 7.05. The van der Waals surface area contributed by atoms with Gasteiger partial charge in [-0.25, -0.2) is 9.67 Å². The van der Waals surface area contributed by atoms with Crippen molar-refractivity contribution in [2.75, 3.05) is 5.32 Å². The summed E-state index contributed by atoms with van der Waals surface area (Å²) in [5.74, 6) is 0. The normalized spacial score (nSPS) is 10.6. The monoisotopic (exact) mass is 298 g/mol. The Hall–Kier alpha value is -2.33. The van der Waals surface area contributed by atoms with Gasteiger partial charge in [-0.2, -0.15) is 5.10 Å². The first-order chi connectivity index (χ1) is 10.2. The van der Waals surface area contributed by atoms with Gasteiger partial charge in [-0.05, 0) is 36.2 Å². The van der Waals surface area contributed by atoms with E-state index in [0.717, 1.165) is 27.5 Å². The lowest BCUT2D eigenvalue weighted by Gasteiger charge is -2.12. The molecule has 2 aromatic carbocycles. The molecule has 0 saturated heterocycles. The summed E-state index contributed by atoms with van der Waals surface area (Å²) < 4.78 is 1.74. The number of aromatic nitrogens is 3. The van der Waals surface area contributed by atoms with Crippen molar-refractivity contribution in [3.63, 3.8) is 0 Å². The minimum Gasteiger partial charge on any atom is -0.379 e. The Labute approximate surface area is 128 Å². The van der Waals surface area contributed by atoms with Crippen LogP contribution in [0.15, 0.2) is 55.1 Å². The van der Waals surface area contributed by atoms with Gasteiger partial charge in [-0.1, -0.05) is 35.9 Å². The molecule has 0 saturated carbocycles. The Kier molecular flexibility index (Phi) is 3.88. The number of hydrogen-bond donors (Lipinski definition) is 1. The lowest BCUT2D eigenvalue weighted by Crippen LogP contribution is -2.04. The van der Waals surface area contributed by atoms with E-state index in [0.29, 0.717) is 6.54 Å². The Morgan fingerprint density at radius 1 is 1.19 bits per heavy atom. The van der Waals surface area contributed by atoms with Crippen molar-refractivity contribution in [1.29, 1.82) is 0 Å². The smallest absolute Gasteiger partial charge is 0.138 e. The van der Waals surface area contributed by atoms with Gasteiger partial charge in [-0.15, -0.1) is 0 Å². The van der Waals surface area contributed by atoms with Crippen LogP contribution in [-0.4, -0.2) is 14.8 Å². The second-order valence-corrected chi connectivity index (χ2v) is 5.20. The molecular formula is C16H15ClN4. The van der Waals surface area contributed by atoms with Gasteiger partial charge in [0.2, 0.25) is 0 Å². The van der Waals surface area contributed by atoms with Crippen molar-refractivity contribution < 1.29 is 0 Å². The number of hydrogen-bond acceptors (Lipinski definition) is 3. The average molecular weight is 299 g/mol. The van der Waals surface area contributed by atoms with Crippen LogP contribution in [0, 0.1) is 6.92 Å². The van der Waals surface area contributed by atoms with E-state index in [4.69, 9.17) is 11.6 Å². The van der Waals surface area contributed by atoms with E-state index in [1.165, 1.54) is 6.33 Å². The highest BCUT2D eigenvalue weighted by Gasteiger charge is 2.05. The molecule has 0 bridgehead atoms. The highest BCUT2D eigenvalue weighted by Crippen LogP contribution is 2.21. The lowest BCUT2D eigenvalue weighted by atomic mass is 10.1. The zero-order valence-corrected chi connectivity index (χ0v) is 12.4. The summed E-state index contributed by atoms with van der Waals surface area (Å²) in [7, 11) is 0. The second kappa shape index (κ2) is 5.97. The predicted molar refractivity (Wildman–Crippen MR) is 84.9 cm³/mol. The first-order valence-electron chi connectivity index (χ1n) is 6.67. The van der Waals surface area contributed by atoms with Crippen LogP contribution in [0.25, 0.3) is 5.69 Å². The molecular weight excluding hydrogens is 284 g/mol. The van der Waals surface area contributed by atoms with Gasteiger partial charge in [0, 0.05) is 11.6 Å². The van der Waals surface area contributed by atoms with Gasteiger partial charge >= 0.3 is 0 Å². The lowest BCUT2D eigenvalue weighted by molar-refractivity contribution is 0.878. The van der Waals surface area contributed by atoms with Gasteiger partial charge < -0.3 is 5.32 Å². The predicted octanol–water partition coefficient (Wildman–Crippen LogP) is 3.84. The van der Waals surface area contributed by atoms with E-state index in [2.05, 4.69) is 21.5 Å². The van der Waals surface area contributed by atoms with Crippen LogP contribution in [0.5, 0.6) is 0 Å². The summed E-state index contributed by atoms with van der Waals surface area (Å²) in [5.41, 5.74) is 4.19. The number of aryl methyl sites for hydroxylation is 1. The second-order valence-electron chi connectivity index (χ2n) is 4.79. The van der Waals surface area contributed by atoms with Crippen LogP contribution >= 0.6 is 11.6 Å². The Morgan fingerprint density at radius 2 is 2.05 bits per heavy atom. The molecule has 0 aliphatic heterocycles. The highest BCUT2D eigenvalue weighted by atomic mass is 35.5. The summed E-state index contributed by atoms with van der Waals surface area (Å²) in [6, 6.07) is 14.1. The molecule has 21 heavy (non-hydrogen) atoms. The summed E-state index contributed by atoms with van der Waals surface area (Å²) in [6.07, 6.45) is 3.21. The fourth-order valence-electron chi connectivity index (χ4n) is 2.10. The minimum atomic E-state index is 0.700. The van der Waals surface area contributed by atoms with Crippen LogP contribution < -0.4 is 5.32 Å². The topological polar surface area (TPSA) is 42.7 Å². The van der Waals surface area contributed by atoms with E-state index in [1.54, 1.807) is 11.0 Å². The van der Waals surface area contributed by atoms with Crippen LogP contribution in [0.2, 0.25) is 5.02 Å². The number of anilines is 1. The molecule has 1 aromatic heterocycles. The molecule has 3 aromatic rings. The standard InChI is InChI=1S/C16H15ClN4/c1-12-6-7-13(8-14(12)17)9-19-15-4-2-3-5-16(15)21-11-18-10-20-21/h2-8,10-11,19H,9H2,1H3. The third kappa shape index (κ3) is 3.06. The summed E-state index contributed by atoms with van der Waals surface area (Å²) in [4.78, 5) is 3.99. The Morgan fingerprint density at radius 3 is 2.81 bits per heavy atom. The first kappa shape index (κ1) is 13.6. The van der Waals surface area contributed by atoms with Gasteiger partial charge in [-0.3, -0.25) is 0 Å². The third-order valence-corrected chi connectivity index (χ3v) is 3.70. The quantitative estimate of drug-likeness (QED) is 0.796. The van der Waals surface area contributed by atoms with Crippen LogP contribution in [0.3, 0.4) is 0 Å². The maximum absolute atomic E-state index is 6.16. The molecule has 4 nitrogen and oxygen atoms in total. The molecule has 1 N–H and O–H groups in total. The van der Waals surface area contributed by atoms with E-state index < -0.39 is 0 Å². The van der Waals surface area contributed by atoms with Crippen molar-refractivity contribution >= 4 is 17.3 Å². The van der Waals surface area contributed by atoms with Crippen molar-refractivity contribution in [1.82, 2.24) is 14.8 Å². The number of rotatable bonds is 4. The van der Waals surface area contributed by atoms with E-state index in [1.807, 2.05) is 43.3 Å². The van der Waals surface area contributed by atoms with E-state index in [9.17, 15) is 0 Å². The van der Waals surface area contributed by atoms with Gasteiger partial charge in [0.1, 0.15) is 12.7 Å². The summed E-state index contributed by atoms with van der Waals surface area (Å²) >= 11 is 6.16. The van der Waals surface area contributed by atoms with Crippen LogP contribution in [0.1, 0.15) is 11.1 Å². The number of nitrogens with zero attached hydrogens (tertiary/aromatic N) is 3. The number of para-hydroxylation sites is 2. The number of nitrogens with one attached hydrogen (secondary N) is 1. The molecule has 0 aliphatic carbocycles. The molecule has 0 aliphatic rings. The van der Waals surface area contributed by atoms with E-state index in [-0.39, 0.29) is 0 Å². The van der Waals surface area contributed by atoms with Gasteiger partial charge in [0.05, 0.1) is 11.4 Å². The molecule has 0 spiro atoms. The van der Waals surface area contributed by atoms with Gasteiger partial charge in [0.25, 0.3) is 0 Å². The van der Waals surface area contributed by atoms with Crippen molar-refractivity contribution in [3.05, 3.63) is 71.3 Å². The largest absolute Gasteiger partial charge is 0.379 e. The van der Waals surface area contributed by atoms with Crippen molar-refractivity contribution in [3.8, 4) is 5.69 Å². The molecule has 0 fully saturated rings. The maximum Gasteiger partial charge on any atom is 0.138 e. The Balaban J connectivity index is 1.81. The highest BCUT2D eigenvalue weighted by molar-refractivity contribution is 6.31. The molecule has 3 rings (SSSR count). The molecule has 0 amide bonds. The fraction of sp³-hybridized carbons (Fsp3) is 0.125. The summed E-state index contributed by atoms with van der Waals surface area (Å²) in [6.45, 7) is 2.70. The van der Waals surface area contributed by atoms with Crippen LogP contribution in [0.4, 0.5) is 5.69 Å². The SMILES string of the molecule is Cc1ccc(CNc2ccccc2-n2cncn2)cc1Cl. The minimum absolute atomic E-state index is 0.700. The fourth-order valence-corrected chi connectivity index (χ4v) is 2.30. The molecule has 106 valence electrons. The molecule has 5 heteroatoms.